The van der Waals surface area contributed by atoms with Crippen LogP contribution in [0.5, 0.6) is 0 Å². The van der Waals surface area contributed by atoms with E-state index in [-0.39, 0.29) is 10.6 Å². The molecular weight excluding hydrogens is 428 g/mol. The van der Waals surface area contributed by atoms with Gasteiger partial charge in [-0.25, -0.2) is 8.42 Å². The van der Waals surface area contributed by atoms with E-state index in [0.717, 1.165) is 16.0 Å². The Labute approximate surface area is 179 Å². The summed E-state index contributed by atoms with van der Waals surface area (Å²) in [7, 11) is -3.73. The summed E-state index contributed by atoms with van der Waals surface area (Å²) in [5.74, 6) is -2.37. The van der Waals surface area contributed by atoms with Crippen molar-refractivity contribution in [1.29, 1.82) is 0 Å². The number of hydrogen-bond acceptors (Lipinski definition) is 4. The first-order chi connectivity index (χ1) is 13.8. The molecule has 0 amide bonds. The minimum Gasteiger partial charge on any atom is -0.481 e. The van der Waals surface area contributed by atoms with Gasteiger partial charge in [0.25, 0.3) is 0 Å². The molecule has 0 aliphatic heterocycles. The lowest BCUT2D eigenvalue weighted by Crippen LogP contribution is -2.26. The topological polar surface area (TPSA) is 71.4 Å². The van der Waals surface area contributed by atoms with Gasteiger partial charge in [0.2, 0.25) is 0 Å². The van der Waals surface area contributed by atoms with Crippen molar-refractivity contribution >= 4 is 39.2 Å². The number of aliphatic carboxylic acids is 1. The van der Waals surface area contributed by atoms with E-state index in [1.807, 2.05) is 42.5 Å². The lowest BCUT2D eigenvalue weighted by Gasteiger charge is -2.13. The maximum Gasteiger partial charge on any atom is 0.308 e. The number of carboxylic acids is 1. The normalized spacial score (nSPS) is 12.4. The number of carboxylic acid groups (broad SMARTS) is 1. The third-order valence-electron chi connectivity index (χ3n) is 4.36. The molecule has 3 aromatic carbocycles. The Balaban J connectivity index is 1.72. The van der Waals surface area contributed by atoms with E-state index in [4.69, 9.17) is 11.6 Å². The molecule has 0 heterocycles. The zero-order chi connectivity index (χ0) is 20.9. The molecule has 7 heteroatoms. The van der Waals surface area contributed by atoms with Crippen molar-refractivity contribution in [3.63, 3.8) is 0 Å². The van der Waals surface area contributed by atoms with E-state index >= 15 is 0 Å². The average Bonchev–Trinajstić information content (AvgIpc) is 2.72. The molecular formula is C22H19ClO4S2. The molecule has 0 aromatic heterocycles. The second-order valence-electron chi connectivity index (χ2n) is 6.47. The minimum atomic E-state index is -3.73. The number of halogens is 1. The summed E-state index contributed by atoms with van der Waals surface area (Å²) in [6.07, 6.45) is 0. The van der Waals surface area contributed by atoms with Crippen LogP contribution >= 0.6 is 23.4 Å². The summed E-state index contributed by atoms with van der Waals surface area (Å²) in [5, 5.41) is 10.1. The van der Waals surface area contributed by atoms with Crippen molar-refractivity contribution < 1.29 is 18.3 Å². The van der Waals surface area contributed by atoms with Gasteiger partial charge in [0.15, 0.2) is 9.84 Å². The van der Waals surface area contributed by atoms with E-state index in [2.05, 4.69) is 0 Å². The molecule has 0 saturated heterocycles. The summed E-state index contributed by atoms with van der Waals surface area (Å²) in [4.78, 5) is 12.6. The first-order valence-electron chi connectivity index (χ1n) is 8.84. The Hall–Kier alpha value is -2.28. The van der Waals surface area contributed by atoms with Crippen molar-refractivity contribution in [1.82, 2.24) is 0 Å². The first-order valence-corrected chi connectivity index (χ1v) is 11.9. The van der Waals surface area contributed by atoms with Crippen LogP contribution in [0.1, 0.15) is 0 Å². The van der Waals surface area contributed by atoms with Crippen LogP contribution in [-0.4, -0.2) is 31.0 Å². The fourth-order valence-electron chi connectivity index (χ4n) is 2.76. The standard InChI is InChI=1S/C22H19ClO4S2/c23-19-10-6-16(7-11-19)17-8-12-21(13-9-17)29(26,27)15-18(22(24)25)14-28-20-4-2-1-3-5-20/h1-13,18H,14-15H2,(H,24,25)/t18-/m0/s1. The van der Waals surface area contributed by atoms with Gasteiger partial charge in [-0.05, 0) is 47.5 Å². The second kappa shape index (κ2) is 9.48. The quantitative estimate of drug-likeness (QED) is 0.477. The Bertz CT molecular complexity index is 1060. The minimum absolute atomic E-state index is 0.117. The van der Waals surface area contributed by atoms with Crippen molar-refractivity contribution in [2.75, 3.05) is 11.5 Å². The molecule has 0 fully saturated rings. The van der Waals surface area contributed by atoms with E-state index in [9.17, 15) is 18.3 Å². The molecule has 3 aromatic rings. The predicted octanol–water partition coefficient (Wildman–Crippen LogP) is 5.27. The molecule has 0 aliphatic carbocycles. The average molecular weight is 447 g/mol. The highest BCUT2D eigenvalue weighted by molar-refractivity contribution is 7.99. The van der Waals surface area contributed by atoms with Gasteiger partial charge in [0.1, 0.15) is 0 Å². The van der Waals surface area contributed by atoms with E-state index < -0.39 is 27.5 Å². The van der Waals surface area contributed by atoms with Crippen LogP contribution in [0.15, 0.2) is 88.7 Å². The third-order valence-corrected chi connectivity index (χ3v) is 7.61. The first kappa shape index (κ1) is 21.4. The summed E-state index contributed by atoms with van der Waals surface area (Å²) >= 11 is 7.23. The van der Waals surface area contributed by atoms with Gasteiger partial charge in [-0.3, -0.25) is 4.79 Å². The molecule has 0 saturated carbocycles. The SMILES string of the molecule is O=C(O)[C@@H](CSc1ccccc1)CS(=O)(=O)c1ccc(-c2ccc(Cl)cc2)cc1. The highest BCUT2D eigenvalue weighted by Crippen LogP contribution is 2.26. The summed E-state index contributed by atoms with van der Waals surface area (Å²) in [6, 6.07) is 23.0. The molecule has 4 nitrogen and oxygen atoms in total. The van der Waals surface area contributed by atoms with Crippen molar-refractivity contribution in [3.8, 4) is 11.1 Å². The van der Waals surface area contributed by atoms with Gasteiger partial charge in [-0.1, -0.05) is 54.1 Å². The molecule has 0 spiro atoms. The van der Waals surface area contributed by atoms with E-state index in [1.165, 1.54) is 23.9 Å². The number of thioether (sulfide) groups is 1. The van der Waals surface area contributed by atoms with Crippen LogP contribution in [0.25, 0.3) is 11.1 Å². The lowest BCUT2D eigenvalue weighted by molar-refractivity contribution is -0.140. The number of hydrogen-bond donors (Lipinski definition) is 1. The fourth-order valence-corrected chi connectivity index (χ4v) is 5.57. The smallest absolute Gasteiger partial charge is 0.308 e. The van der Waals surface area contributed by atoms with Crippen LogP contribution in [0.2, 0.25) is 5.02 Å². The zero-order valence-corrected chi connectivity index (χ0v) is 17.8. The van der Waals surface area contributed by atoms with E-state index in [0.29, 0.717) is 5.02 Å². The molecule has 0 aliphatic rings. The van der Waals surface area contributed by atoms with Gasteiger partial charge in [0, 0.05) is 15.7 Å². The number of rotatable bonds is 8. The van der Waals surface area contributed by atoms with Crippen LogP contribution < -0.4 is 0 Å². The van der Waals surface area contributed by atoms with Crippen molar-refractivity contribution in [2.24, 2.45) is 5.92 Å². The Morgan fingerprint density at radius 3 is 2.00 bits per heavy atom. The maximum atomic E-state index is 12.8. The fraction of sp³-hybridized carbons (Fsp3) is 0.136. The number of benzene rings is 3. The molecule has 1 atom stereocenters. The number of sulfone groups is 1. The van der Waals surface area contributed by atoms with Crippen molar-refractivity contribution in [2.45, 2.75) is 9.79 Å². The van der Waals surface area contributed by atoms with E-state index in [1.54, 1.807) is 24.3 Å². The second-order valence-corrected chi connectivity index (χ2v) is 10.0. The summed E-state index contributed by atoms with van der Waals surface area (Å²) in [5.41, 5.74) is 1.77. The Morgan fingerprint density at radius 2 is 1.45 bits per heavy atom. The van der Waals surface area contributed by atoms with Gasteiger partial charge >= 0.3 is 5.97 Å². The highest BCUT2D eigenvalue weighted by atomic mass is 35.5. The largest absolute Gasteiger partial charge is 0.481 e. The Kier molecular flexibility index (Phi) is 7.00. The molecule has 1 N–H and O–H groups in total. The maximum absolute atomic E-state index is 12.8. The zero-order valence-electron chi connectivity index (χ0n) is 15.4. The van der Waals surface area contributed by atoms with Gasteiger partial charge in [-0.2, -0.15) is 0 Å². The van der Waals surface area contributed by atoms with Crippen LogP contribution in [0.3, 0.4) is 0 Å². The lowest BCUT2D eigenvalue weighted by atomic mass is 10.1. The molecule has 0 unspecified atom stereocenters. The third kappa shape index (κ3) is 5.85. The Morgan fingerprint density at radius 1 is 0.897 bits per heavy atom. The molecule has 0 radical (unpaired) electrons. The summed E-state index contributed by atoms with van der Waals surface area (Å²) in [6.45, 7) is 0. The summed E-state index contributed by atoms with van der Waals surface area (Å²) < 4.78 is 25.5. The molecule has 0 bridgehead atoms. The van der Waals surface area contributed by atoms with Crippen LogP contribution in [0.4, 0.5) is 0 Å². The number of carbonyl (C=O) groups is 1. The predicted molar refractivity (Wildman–Crippen MR) is 117 cm³/mol. The highest BCUT2D eigenvalue weighted by Gasteiger charge is 2.27. The van der Waals surface area contributed by atoms with Gasteiger partial charge in [-0.15, -0.1) is 11.8 Å². The monoisotopic (exact) mass is 446 g/mol. The molecule has 3 rings (SSSR count). The van der Waals surface area contributed by atoms with Crippen LogP contribution in [-0.2, 0) is 14.6 Å². The molecule has 29 heavy (non-hydrogen) atoms. The van der Waals surface area contributed by atoms with Crippen molar-refractivity contribution in [3.05, 3.63) is 83.9 Å². The van der Waals surface area contributed by atoms with Crippen LogP contribution in [0, 0.1) is 5.92 Å². The van der Waals surface area contributed by atoms with Gasteiger partial charge < -0.3 is 5.11 Å². The molecule has 150 valence electrons. The van der Waals surface area contributed by atoms with Gasteiger partial charge in [0.05, 0.1) is 16.6 Å².